The molecule has 1 aromatic rings. The third-order valence-electron chi connectivity index (χ3n) is 4.93. The van der Waals surface area contributed by atoms with Crippen LogP contribution in [0, 0.1) is 5.92 Å². The Labute approximate surface area is 109 Å². The minimum Gasteiger partial charge on any atom is -0.387 e. The van der Waals surface area contributed by atoms with E-state index in [0.717, 1.165) is 25.1 Å². The van der Waals surface area contributed by atoms with Crippen LogP contribution in [0.4, 0.5) is 0 Å². The summed E-state index contributed by atoms with van der Waals surface area (Å²) >= 11 is 0. The van der Waals surface area contributed by atoms with Gasteiger partial charge in [-0.2, -0.15) is 5.10 Å². The van der Waals surface area contributed by atoms with Gasteiger partial charge in [0.1, 0.15) is 0 Å². The lowest BCUT2D eigenvalue weighted by atomic mass is 9.85. The van der Waals surface area contributed by atoms with Crippen LogP contribution >= 0.6 is 0 Å². The van der Waals surface area contributed by atoms with Crippen molar-refractivity contribution in [2.24, 2.45) is 5.92 Å². The van der Waals surface area contributed by atoms with Crippen LogP contribution in [-0.4, -0.2) is 38.9 Å². The van der Waals surface area contributed by atoms with Crippen LogP contribution in [-0.2, 0) is 6.54 Å². The SMILES string of the molecule is CCn1nccc1C(O)C1CC2CCC(C1)N2C. The molecule has 2 aliphatic heterocycles. The molecule has 4 nitrogen and oxygen atoms in total. The van der Waals surface area contributed by atoms with Gasteiger partial charge < -0.3 is 10.0 Å². The molecule has 0 radical (unpaired) electrons. The smallest absolute Gasteiger partial charge is 0.0985 e. The summed E-state index contributed by atoms with van der Waals surface area (Å²) < 4.78 is 1.92. The minimum atomic E-state index is -0.343. The first-order chi connectivity index (χ1) is 8.70. The monoisotopic (exact) mass is 249 g/mol. The molecule has 3 atom stereocenters. The highest BCUT2D eigenvalue weighted by molar-refractivity contribution is 5.08. The van der Waals surface area contributed by atoms with E-state index in [9.17, 15) is 5.11 Å². The first kappa shape index (κ1) is 12.2. The number of aromatic nitrogens is 2. The number of rotatable bonds is 3. The molecule has 100 valence electrons. The second-order valence-corrected chi connectivity index (χ2v) is 5.80. The fourth-order valence-corrected chi connectivity index (χ4v) is 3.81. The molecule has 0 amide bonds. The van der Waals surface area contributed by atoms with Crippen molar-refractivity contribution in [3.63, 3.8) is 0 Å². The maximum absolute atomic E-state index is 10.6. The second-order valence-electron chi connectivity index (χ2n) is 5.80. The van der Waals surface area contributed by atoms with E-state index >= 15 is 0 Å². The Hall–Kier alpha value is -0.870. The molecule has 3 rings (SSSR count). The zero-order valence-electron chi connectivity index (χ0n) is 11.3. The van der Waals surface area contributed by atoms with E-state index in [-0.39, 0.29) is 6.10 Å². The lowest BCUT2D eigenvalue weighted by molar-refractivity contribution is 0.0307. The van der Waals surface area contributed by atoms with E-state index in [4.69, 9.17) is 0 Å². The number of hydrogen-bond donors (Lipinski definition) is 1. The third-order valence-corrected chi connectivity index (χ3v) is 4.93. The lowest BCUT2D eigenvalue weighted by Crippen LogP contribution is -2.41. The topological polar surface area (TPSA) is 41.3 Å². The number of hydrogen-bond acceptors (Lipinski definition) is 3. The Morgan fingerprint density at radius 3 is 2.67 bits per heavy atom. The zero-order chi connectivity index (χ0) is 12.7. The number of aryl methyl sites for hydroxylation is 1. The van der Waals surface area contributed by atoms with Crippen LogP contribution in [0.2, 0.25) is 0 Å². The number of fused-ring (bicyclic) bond motifs is 2. The molecule has 4 heteroatoms. The fourth-order valence-electron chi connectivity index (χ4n) is 3.81. The van der Waals surface area contributed by atoms with Crippen LogP contribution in [0.1, 0.15) is 44.4 Å². The average Bonchev–Trinajstić information content (AvgIpc) is 2.90. The van der Waals surface area contributed by atoms with Gasteiger partial charge in [0, 0.05) is 24.8 Å². The number of piperidine rings is 1. The van der Waals surface area contributed by atoms with Gasteiger partial charge in [-0.15, -0.1) is 0 Å². The molecule has 3 heterocycles. The van der Waals surface area contributed by atoms with Crippen molar-refractivity contribution >= 4 is 0 Å². The first-order valence-corrected chi connectivity index (χ1v) is 7.12. The summed E-state index contributed by atoms with van der Waals surface area (Å²) in [6.07, 6.45) is 6.32. The Kier molecular flexibility index (Phi) is 3.16. The molecule has 2 fully saturated rings. The highest BCUT2D eigenvalue weighted by Gasteiger charge is 2.41. The van der Waals surface area contributed by atoms with Crippen molar-refractivity contribution in [1.29, 1.82) is 0 Å². The molecule has 0 aromatic carbocycles. The van der Waals surface area contributed by atoms with Gasteiger partial charge in [0.2, 0.25) is 0 Å². The van der Waals surface area contributed by atoms with Gasteiger partial charge in [-0.05, 0) is 51.6 Å². The Bertz CT molecular complexity index is 403. The highest BCUT2D eigenvalue weighted by Crippen LogP contribution is 2.42. The van der Waals surface area contributed by atoms with E-state index in [1.54, 1.807) is 6.20 Å². The predicted molar refractivity (Wildman–Crippen MR) is 70.2 cm³/mol. The summed E-state index contributed by atoms with van der Waals surface area (Å²) in [4.78, 5) is 2.51. The normalized spacial score (nSPS) is 33.8. The van der Waals surface area contributed by atoms with Gasteiger partial charge in [0.05, 0.1) is 11.8 Å². The van der Waals surface area contributed by atoms with E-state index in [1.165, 1.54) is 12.8 Å². The summed E-state index contributed by atoms with van der Waals surface area (Å²) in [6, 6.07) is 3.33. The quantitative estimate of drug-likeness (QED) is 0.888. The van der Waals surface area contributed by atoms with E-state index in [2.05, 4.69) is 24.0 Å². The summed E-state index contributed by atoms with van der Waals surface area (Å²) in [5.74, 6) is 0.403. The number of aliphatic hydroxyl groups excluding tert-OH is 1. The molecule has 3 unspecified atom stereocenters. The van der Waals surface area contributed by atoms with Crippen molar-refractivity contribution in [1.82, 2.24) is 14.7 Å². The molecule has 0 saturated carbocycles. The zero-order valence-corrected chi connectivity index (χ0v) is 11.3. The number of nitrogens with zero attached hydrogens (tertiary/aromatic N) is 3. The maximum Gasteiger partial charge on any atom is 0.0985 e. The molecule has 2 bridgehead atoms. The summed E-state index contributed by atoms with van der Waals surface area (Å²) in [5.41, 5.74) is 0.992. The largest absolute Gasteiger partial charge is 0.387 e. The van der Waals surface area contributed by atoms with Gasteiger partial charge in [-0.1, -0.05) is 0 Å². The van der Waals surface area contributed by atoms with Gasteiger partial charge in [0.25, 0.3) is 0 Å². The van der Waals surface area contributed by atoms with Gasteiger partial charge in [-0.25, -0.2) is 0 Å². The summed E-state index contributed by atoms with van der Waals surface area (Å²) in [7, 11) is 2.24. The Balaban J connectivity index is 1.76. The predicted octanol–water partition coefficient (Wildman–Crippen LogP) is 1.81. The molecular formula is C14H23N3O. The fraction of sp³-hybridized carbons (Fsp3) is 0.786. The molecule has 18 heavy (non-hydrogen) atoms. The van der Waals surface area contributed by atoms with Crippen LogP contribution in [0.5, 0.6) is 0 Å². The number of aliphatic hydroxyl groups is 1. The van der Waals surface area contributed by atoms with Crippen molar-refractivity contribution in [3.8, 4) is 0 Å². The molecular weight excluding hydrogens is 226 g/mol. The molecule has 0 spiro atoms. The molecule has 2 saturated heterocycles. The van der Waals surface area contributed by atoms with Crippen LogP contribution in [0.3, 0.4) is 0 Å². The van der Waals surface area contributed by atoms with Gasteiger partial charge >= 0.3 is 0 Å². The molecule has 1 N–H and O–H groups in total. The van der Waals surface area contributed by atoms with Crippen molar-refractivity contribution < 1.29 is 5.11 Å². The summed E-state index contributed by atoms with van der Waals surface area (Å²) in [5, 5.41) is 14.9. The van der Waals surface area contributed by atoms with Crippen LogP contribution in [0.25, 0.3) is 0 Å². The van der Waals surface area contributed by atoms with Crippen molar-refractivity contribution in [3.05, 3.63) is 18.0 Å². The summed E-state index contributed by atoms with van der Waals surface area (Å²) in [6.45, 7) is 2.90. The van der Waals surface area contributed by atoms with E-state index in [1.807, 2.05) is 10.7 Å². The lowest BCUT2D eigenvalue weighted by Gasteiger charge is -2.38. The van der Waals surface area contributed by atoms with E-state index < -0.39 is 0 Å². The molecule has 1 aromatic heterocycles. The van der Waals surface area contributed by atoms with E-state index in [0.29, 0.717) is 18.0 Å². The van der Waals surface area contributed by atoms with Crippen LogP contribution in [0.15, 0.2) is 12.3 Å². The Morgan fingerprint density at radius 2 is 2.06 bits per heavy atom. The van der Waals surface area contributed by atoms with Crippen LogP contribution < -0.4 is 0 Å². The first-order valence-electron chi connectivity index (χ1n) is 7.12. The standard InChI is InChI=1S/C14H23N3O/c1-3-17-13(6-7-15-17)14(18)10-8-11-4-5-12(9-10)16(11)2/h6-7,10-12,14,18H,3-5,8-9H2,1-2H3. The minimum absolute atomic E-state index is 0.343. The average molecular weight is 249 g/mol. The van der Waals surface area contributed by atoms with Crippen molar-refractivity contribution in [2.75, 3.05) is 7.05 Å². The Morgan fingerprint density at radius 1 is 1.39 bits per heavy atom. The van der Waals surface area contributed by atoms with Crippen molar-refractivity contribution in [2.45, 2.75) is 57.3 Å². The van der Waals surface area contributed by atoms with Gasteiger partial charge in [0.15, 0.2) is 0 Å². The third kappa shape index (κ3) is 1.88. The van der Waals surface area contributed by atoms with Gasteiger partial charge in [-0.3, -0.25) is 4.68 Å². The second kappa shape index (κ2) is 4.67. The molecule has 2 aliphatic rings. The highest BCUT2D eigenvalue weighted by atomic mass is 16.3. The maximum atomic E-state index is 10.6. The molecule has 0 aliphatic carbocycles.